The van der Waals surface area contributed by atoms with Crippen LogP contribution in [-0.4, -0.2) is 16.9 Å². The smallest absolute Gasteiger partial charge is 0.287 e. The summed E-state index contributed by atoms with van der Waals surface area (Å²) in [6.45, 7) is 0.861. The molecular weight excluding hydrogens is 338 g/mol. The Hall–Kier alpha value is -2.79. The molecule has 25 heavy (non-hydrogen) atoms. The maximum Gasteiger partial charge on any atom is 0.287 e. The summed E-state index contributed by atoms with van der Waals surface area (Å²) in [5.74, 6) is 0.775. The van der Waals surface area contributed by atoms with Gasteiger partial charge in [-0.3, -0.25) is 4.79 Å². The van der Waals surface area contributed by atoms with E-state index in [9.17, 15) is 4.79 Å². The lowest BCUT2D eigenvalue weighted by Crippen LogP contribution is -2.24. The summed E-state index contributed by atoms with van der Waals surface area (Å²) >= 11 is 6.24. The van der Waals surface area contributed by atoms with Gasteiger partial charge in [-0.25, -0.2) is 4.68 Å². The van der Waals surface area contributed by atoms with Crippen LogP contribution in [0.4, 0.5) is 5.69 Å². The number of hydrogen-bond acceptors (Lipinski definition) is 4. The van der Waals surface area contributed by atoms with Crippen LogP contribution in [0.3, 0.4) is 0 Å². The first-order chi connectivity index (χ1) is 12.2. The van der Waals surface area contributed by atoms with Gasteiger partial charge in [-0.2, -0.15) is 5.10 Å². The van der Waals surface area contributed by atoms with Gasteiger partial charge in [0.1, 0.15) is 10.8 Å². The maximum atomic E-state index is 12.4. The van der Waals surface area contributed by atoms with Gasteiger partial charge in [0.15, 0.2) is 0 Å². The highest BCUT2D eigenvalue weighted by atomic mass is 35.5. The first kappa shape index (κ1) is 17.0. The van der Waals surface area contributed by atoms with Crippen LogP contribution in [0.2, 0.25) is 5.02 Å². The molecule has 1 aromatic heterocycles. The molecule has 0 bridgehead atoms. The van der Waals surface area contributed by atoms with Gasteiger partial charge in [-0.05, 0) is 11.6 Å². The first-order valence-corrected chi connectivity index (χ1v) is 8.22. The van der Waals surface area contributed by atoms with Crippen LogP contribution < -0.4 is 15.6 Å². The summed E-state index contributed by atoms with van der Waals surface area (Å²) in [6.07, 6.45) is 1.57. The number of hydrogen-bond donors (Lipinski definition) is 1. The van der Waals surface area contributed by atoms with E-state index in [-0.39, 0.29) is 10.6 Å². The molecule has 0 amide bonds. The highest BCUT2D eigenvalue weighted by Gasteiger charge is 2.10. The zero-order valence-corrected chi connectivity index (χ0v) is 14.5. The Balaban J connectivity index is 1.77. The first-order valence-electron chi connectivity index (χ1n) is 7.84. The lowest BCUT2D eigenvalue weighted by molar-refractivity contribution is 0.410. The van der Waals surface area contributed by atoms with Crippen molar-refractivity contribution in [3.8, 4) is 5.75 Å². The lowest BCUT2D eigenvalue weighted by atomic mass is 10.2. The van der Waals surface area contributed by atoms with Gasteiger partial charge in [0, 0.05) is 12.1 Å². The summed E-state index contributed by atoms with van der Waals surface area (Å²) in [5, 5.41) is 7.49. The number of benzene rings is 2. The van der Waals surface area contributed by atoms with Crippen LogP contribution >= 0.6 is 11.6 Å². The maximum absolute atomic E-state index is 12.4. The molecule has 128 valence electrons. The van der Waals surface area contributed by atoms with Gasteiger partial charge in [0.25, 0.3) is 5.56 Å². The lowest BCUT2D eigenvalue weighted by Gasteiger charge is -2.12. The molecule has 3 rings (SSSR count). The molecule has 3 aromatic rings. The largest absolute Gasteiger partial charge is 0.496 e. The fourth-order valence-corrected chi connectivity index (χ4v) is 2.71. The van der Waals surface area contributed by atoms with E-state index in [0.29, 0.717) is 18.8 Å². The van der Waals surface area contributed by atoms with Crippen LogP contribution in [0.25, 0.3) is 0 Å². The number of halogens is 1. The van der Waals surface area contributed by atoms with E-state index < -0.39 is 0 Å². The minimum Gasteiger partial charge on any atom is -0.496 e. The molecule has 1 heterocycles. The van der Waals surface area contributed by atoms with Crippen molar-refractivity contribution in [2.24, 2.45) is 0 Å². The Kier molecular flexibility index (Phi) is 5.36. The molecule has 5 nitrogen and oxygen atoms in total. The second kappa shape index (κ2) is 7.85. The highest BCUT2D eigenvalue weighted by molar-refractivity contribution is 6.32. The zero-order valence-electron chi connectivity index (χ0n) is 13.8. The monoisotopic (exact) mass is 355 g/mol. The quantitative estimate of drug-likeness (QED) is 0.734. The van der Waals surface area contributed by atoms with Crippen molar-refractivity contribution in [1.29, 1.82) is 0 Å². The topological polar surface area (TPSA) is 56.1 Å². The Morgan fingerprint density at radius 1 is 1.12 bits per heavy atom. The molecule has 0 unspecified atom stereocenters. The Morgan fingerprint density at radius 2 is 1.84 bits per heavy atom. The number of aromatic nitrogens is 2. The normalized spacial score (nSPS) is 10.5. The van der Waals surface area contributed by atoms with Crippen molar-refractivity contribution in [2.45, 2.75) is 13.1 Å². The third-order valence-electron chi connectivity index (χ3n) is 3.82. The van der Waals surface area contributed by atoms with Crippen molar-refractivity contribution < 1.29 is 4.74 Å². The summed E-state index contributed by atoms with van der Waals surface area (Å²) < 4.78 is 6.67. The Bertz CT molecular complexity index is 910. The average Bonchev–Trinajstić information content (AvgIpc) is 2.66. The minimum atomic E-state index is -0.324. The van der Waals surface area contributed by atoms with Crippen LogP contribution in [0.15, 0.2) is 65.6 Å². The molecule has 0 radical (unpaired) electrons. The van der Waals surface area contributed by atoms with Gasteiger partial charge in [0.2, 0.25) is 0 Å². The van der Waals surface area contributed by atoms with E-state index in [1.54, 1.807) is 13.3 Å². The predicted molar refractivity (Wildman–Crippen MR) is 99.4 cm³/mol. The van der Waals surface area contributed by atoms with Crippen LogP contribution in [0.1, 0.15) is 11.1 Å². The molecule has 0 atom stereocenters. The third kappa shape index (κ3) is 4.00. The standard InChI is InChI=1S/C19H18ClN3O2/c1-25-17-10-6-5-9-15(17)11-21-16-12-22-23(19(24)18(16)20)13-14-7-3-2-4-8-14/h2-10,12,21H,11,13H2,1H3. The number of rotatable bonds is 6. The molecule has 0 fully saturated rings. The van der Waals surface area contributed by atoms with Gasteiger partial charge in [0.05, 0.1) is 25.5 Å². The number of nitrogens with one attached hydrogen (secondary N) is 1. The minimum absolute atomic E-state index is 0.126. The highest BCUT2D eigenvalue weighted by Crippen LogP contribution is 2.21. The number of ether oxygens (including phenoxy) is 1. The van der Waals surface area contributed by atoms with E-state index in [1.165, 1.54) is 4.68 Å². The number of anilines is 1. The molecule has 0 saturated heterocycles. The van der Waals surface area contributed by atoms with E-state index in [0.717, 1.165) is 16.9 Å². The molecule has 0 aliphatic heterocycles. The van der Waals surface area contributed by atoms with Crippen LogP contribution in [0.5, 0.6) is 5.75 Å². The van der Waals surface area contributed by atoms with Crippen LogP contribution in [-0.2, 0) is 13.1 Å². The number of nitrogens with zero attached hydrogens (tertiary/aromatic N) is 2. The number of methoxy groups -OCH3 is 1. The SMILES string of the molecule is COc1ccccc1CNc1cnn(Cc2ccccc2)c(=O)c1Cl. The molecular formula is C19H18ClN3O2. The second-order valence-electron chi connectivity index (χ2n) is 5.49. The Morgan fingerprint density at radius 3 is 2.60 bits per heavy atom. The van der Waals surface area contributed by atoms with Crippen molar-refractivity contribution in [3.63, 3.8) is 0 Å². The molecule has 1 N–H and O–H groups in total. The van der Waals surface area contributed by atoms with Gasteiger partial charge in [-0.15, -0.1) is 0 Å². The Labute approximate surface area is 150 Å². The zero-order chi connectivity index (χ0) is 17.6. The van der Waals surface area contributed by atoms with E-state index in [2.05, 4.69) is 10.4 Å². The summed E-state index contributed by atoms with van der Waals surface area (Å²) in [6, 6.07) is 17.3. The number of para-hydroxylation sites is 1. The van der Waals surface area contributed by atoms with Gasteiger partial charge >= 0.3 is 0 Å². The molecule has 2 aromatic carbocycles. The third-order valence-corrected chi connectivity index (χ3v) is 4.19. The van der Waals surface area contributed by atoms with Crippen molar-refractivity contribution in [1.82, 2.24) is 9.78 Å². The van der Waals surface area contributed by atoms with Crippen molar-refractivity contribution in [3.05, 3.63) is 87.3 Å². The van der Waals surface area contributed by atoms with E-state index in [1.807, 2.05) is 54.6 Å². The molecule has 0 spiro atoms. The molecule has 0 saturated carbocycles. The summed E-state index contributed by atoms with van der Waals surface area (Å²) in [5.41, 5.74) is 2.13. The second-order valence-corrected chi connectivity index (χ2v) is 5.86. The average molecular weight is 356 g/mol. The van der Waals surface area contributed by atoms with Gasteiger partial charge in [-0.1, -0.05) is 60.1 Å². The molecule has 0 aliphatic rings. The van der Waals surface area contributed by atoms with Crippen molar-refractivity contribution >= 4 is 17.3 Å². The molecule has 6 heteroatoms. The fraction of sp³-hybridized carbons (Fsp3) is 0.158. The van der Waals surface area contributed by atoms with Gasteiger partial charge < -0.3 is 10.1 Å². The fourth-order valence-electron chi connectivity index (χ4n) is 2.50. The van der Waals surface area contributed by atoms with E-state index >= 15 is 0 Å². The summed E-state index contributed by atoms with van der Waals surface area (Å²) in [4.78, 5) is 12.4. The van der Waals surface area contributed by atoms with E-state index in [4.69, 9.17) is 16.3 Å². The van der Waals surface area contributed by atoms with Crippen LogP contribution in [0, 0.1) is 0 Å². The predicted octanol–water partition coefficient (Wildman–Crippen LogP) is 3.57. The summed E-state index contributed by atoms with van der Waals surface area (Å²) in [7, 11) is 1.62. The molecule has 0 aliphatic carbocycles. The van der Waals surface area contributed by atoms with Crippen molar-refractivity contribution in [2.75, 3.05) is 12.4 Å².